The summed E-state index contributed by atoms with van der Waals surface area (Å²) in [5.41, 5.74) is 0.639. The predicted octanol–water partition coefficient (Wildman–Crippen LogP) is 2.77. The molecule has 2 N–H and O–H groups in total. The molecule has 0 atom stereocenters. The Morgan fingerprint density at radius 1 is 1.13 bits per heavy atom. The lowest BCUT2D eigenvalue weighted by molar-refractivity contribution is -0.896. The summed E-state index contributed by atoms with van der Waals surface area (Å²) in [6, 6.07) is 9.30. The number of benzene rings is 1. The third kappa shape index (κ3) is 5.41. The van der Waals surface area contributed by atoms with Crippen LogP contribution in [0.2, 0.25) is 0 Å². The zero-order chi connectivity index (χ0) is 22.6. The van der Waals surface area contributed by atoms with Gasteiger partial charge in [-0.2, -0.15) is 18.3 Å². The van der Waals surface area contributed by atoms with Crippen molar-refractivity contribution in [1.82, 2.24) is 19.9 Å². The number of hydrogen-bond acceptors (Lipinski definition) is 3. The van der Waals surface area contributed by atoms with Gasteiger partial charge in [-0.15, -0.1) is 0 Å². The van der Waals surface area contributed by atoms with Crippen LogP contribution in [0.25, 0.3) is 16.9 Å². The van der Waals surface area contributed by atoms with Crippen LogP contribution in [0, 0.1) is 6.92 Å². The van der Waals surface area contributed by atoms with Crippen molar-refractivity contribution in [2.75, 3.05) is 26.2 Å². The second kappa shape index (κ2) is 9.47. The Morgan fingerprint density at radius 3 is 2.42 bits per heavy atom. The van der Waals surface area contributed by atoms with Gasteiger partial charge in [0.1, 0.15) is 0 Å². The zero-order valence-corrected chi connectivity index (χ0v) is 17.9. The largest absolute Gasteiger partial charge is 0.433 e. The molecule has 0 aliphatic rings. The van der Waals surface area contributed by atoms with Gasteiger partial charge in [-0.3, -0.25) is 4.79 Å². The molecular formula is C22H27F3N5O+. The summed E-state index contributed by atoms with van der Waals surface area (Å²) in [6.45, 7) is 9.46. The van der Waals surface area contributed by atoms with E-state index in [4.69, 9.17) is 0 Å². The summed E-state index contributed by atoms with van der Waals surface area (Å²) in [4.78, 5) is 18.2. The van der Waals surface area contributed by atoms with Gasteiger partial charge in [-0.25, -0.2) is 9.50 Å². The van der Waals surface area contributed by atoms with Crippen molar-refractivity contribution in [3.63, 3.8) is 0 Å². The number of carbonyl (C=O) groups excluding carboxylic acids is 1. The van der Waals surface area contributed by atoms with E-state index in [0.29, 0.717) is 16.6 Å². The number of fused-ring (bicyclic) bond motifs is 1. The van der Waals surface area contributed by atoms with Crippen molar-refractivity contribution < 1.29 is 22.9 Å². The van der Waals surface area contributed by atoms with Crippen LogP contribution in [0.1, 0.15) is 42.0 Å². The number of alkyl halides is 3. The molecule has 31 heavy (non-hydrogen) atoms. The standard InChI is InChI=1S/C22H26F3N5O/c1-4-29(5-2)12-6-11-26-21(31)18-14-20-27-17(16-9-7-15(3)8-10-16)13-19(22(23,24)25)30(20)28-18/h7-10,13-14H,4-6,11-12H2,1-3H3,(H,26,31)/p+1. The summed E-state index contributed by atoms with van der Waals surface area (Å²) in [7, 11) is 0. The van der Waals surface area contributed by atoms with Gasteiger partial charge >= 0.3 is 6.18 Å². The Labute approximate surface area is 179 Å². The molecule has 0 spiro atoms. The lowest BCUT2D eigenvalue weighted by atomic mass is 10.1. The first kappa shape index (κ1) is 22.7. The fourth-order valence-corrected chi connectivity index (χ4v) is 3.39. The van der Waals surface area contributed by atoms with E-state index in [1.165, 1.54) is 11.0 Å². The number of amides is 1. The first-order valence-corrected chi connectivity index (χ1v) is 10.4. The summed E-state index contributed by atoms with van der Waals surface area (Å²) >= 11 is 0. The molecule has 9 heteroatoms. The Hall–Kier alpha value is -2.94. The predicted molar refractivity (Wildman–Crippen MR) is 112 cm³/mol. The van der Waals surface area contributed by atoms with E-state index < -0.39 is 17.8 Å². The number of rotatable bonds is 8. The maximum Gasteiger partial charge on any atom is 0.433 e. The SMILES string of the molecule is CC[NH+](CC)CCCNC(=O)c1cc2nc(-c3ccc(C)cc3)cc(C(F)(F)F)n2n1. The second-order valence-corrected chi connectivity index (χ2v) is 7.51. The average Bonchev–Trinajstić information content (AvgIpc) is 3.17. The summed E-state index contributed by atoms with van der Waals surface area (Å²) < 4.78 is 41.8. The molecule has 0 unspecified atom stereocenters. The quantitative estimate of drug-likeness (QED) is 0.536. The van der Waals surface area contributed by atoms with Crippen LogP contribution in [-0.2, 0) is 6.18 Å². The van der Waals surface area contributed by atoms with E-state index in [1.807, 2.05) is 19.1 Å². The fourth-order valence-electron chi connectivity index (χ4n) is 3.39. The molecule has 1 aromatic carbocycles. The van der Waals surface area contributed by atoms with Crippen LogP contribution in [0.5, 0.6) is 0 Å². The fraction of sp³-hybridized carbons (Fsp3) is 0.409. The maximum absolute atomic E-state index is 13.7. The van der Waals surface area contributed by atoms with Gasteiger partial charge in [-0.1, -0.05) is 29.8 Å². The summed E-state index contributed by atoms with van der Waals surface area (Å²) in [5.74, 6) is -0.509. The minimum atomic E-state index is -4.65. The monoisotopic (exact) mass is 434 g/mol. The van der Waals surface area contributed by atoms with Crippen molar-refractivity contribution in [2.45, 2.75) is 33.4 Å². The molecule has 0 saturated carbocycles. The minimum Gasteiger partial charge on any atom is -0.350 e. The number of aromatic nitrogens is 3. The third-order valence-corrected chi connectivity index (χ3v) is 5.29. The molecule has 0 saturated heterocycles. The molecule has 3 rings (SSSR count). The molecule has 2 aromatic heterocycles. The van der Waals surface area contributed by atoms with Gasteiger partial charge in [0.25, 0.3) is 5.91 Å². The number of aryl methyl sites for hydroxylation is 1. The van der Waals surface area contributed by atoms with Crippen molar-refractivity contribution in [2.24, 2.45) is 0 Å². The van der Waals surface area contributed by atoms with Crippen LogP contribution < -0.4 is 10.2 Å². The first-order valence-electron chi connectivity index (χ1n) is 10.4. The molecule has 0 aliphatic carbocycles. The van der Waals surface area contributed by atoms with Crippen molar-refractivity contribution in [3.8, 4) is 11.3 Å². The molecule has 0 fully saturated rings. The van der Waals surface area contributed by atoms with Gasteiger partial charge in [0.2, 0.25) is 0 Å². The normalized spacial score (nSPS) is 12.0. The lowest BCUT2D eigenvalue weighted by Gasteiger charge is -2.14. The van der Waals surface area contributed by atoms with Crippen LogP contribution >= 0.6 is 0 Å². The van der Waals surface area contributed by atoms with E-state index >= 15 is 0 Å². The summed E-state index contributed by atoms with van der Waals surface area (Å²) in [5, 5.41) is 6.63. The molecule has 0 bridgehead atoms. The highest BCUT2D eigenvalue weighted by Crippen LogP contribution is 2.32. The van der Waals surface area contributed by atoms with Crippen LogP contribution in [0.4, 0.5) is 13.2 Å². The highest BCUT2D eigenvalue weighted by molar-refractivity contribution is 5.93. The van der Waals surface area contributed by atoms with Crippen LogP contribution in [-0.4, -0.2) is 46.7 Å². The number of nitrogens with zero attached hydrogens (tertiary/aromatic N) is 3. The Bertz CT molecular complexity index is 1040. The molecule has 2 heterocycles. The van der Waals surface area contributed by atoms with E-state index in [1.54, 1.807) is 12.1 Å². The van der Waals surface area contributed by atoms with Gasteiger partial charge in [0, 0.05) is 24.6 Å². The number of halogens is 3. The molecule has 0 radical (unpaired) electrons. The molecule has 0 aliphatic heterocycles. The zero-order valence-electron chi connectivity index (χ0n) is 17.9. The van der Waals surface area contributed by atoms with Gasteiger partial charge in [0.15, 0.2) is 17.0 Å². The number of quaternary nitrogens is 1. The van der Waals surface area contributed by atoms with E-state index in [0.717, 1.165) is 37.7 Å². The second-order valence-electron chi connectivity index (χ2n) is 7.51. The van der Waals surface area contributed by atoms with Crippen LogP contribution in [0.3, 0.4) is 0 Å². The van der Waals surface area contributed by atoms with E-state index in [-0.39, 0.29) is 17.0 Å². The smallest absolute Gasteiger partial charge is 0.350 e. The van der Waals surface area contributed by atoms with Crippen LogP contribution in [0.15, 0.2) is 36.4 Å². The molecule has 3 aromatic rings. The highest BCUT2D eigenvalue weighted by atomic mass is 19.4. The molecule has 166 valence electrons. The first-order chi connectivity index (χ1) is 14.7. The molecular weight excluding hydrogens is 407 g/mol. The Kier molecular flexibility index (Phi) is 6.94. The Balaban J connectivity index is 1.86. The van der Waals surface area contributed by atoms with E-state index in [9.17, 15) is 18.0 Å². The van der Waals surface area contributed by atoms with Crippen molar-refractivity contribution >= 4 is 11.6 Å². The number of hydrogen-bond donors (Lipinski definition) is 2. The van der Waals surface area contributed by atoms with Gasteiger partial charge in [-0.05, 0) is 26.8 Å². The topological polar surface area (TPSA) is 63.7 Å². The highest BCUT2D eigenvalue weighted by Gasteiger charge is 2.35. The van der Waals surface area contributed by atoms with E-state index in [2.05, 4.69) is 29.2 Å². The number of nitrogens with one attached hydrogen (secondary N) is 2. The number of carbonyl (C=O) groups is 1. The Morgan fingerprint density at radius 2 is 1.81 bits per heavy atom. The molecule has 1 amide bonds. The van der Waals surface area contributed by atoms with Gasteiger partial charge in [0.05, 0.1) is 25.3 Å². The van der Waals surface area contributed by atoms with Crippen molar-refractivity contribution in [3.05, 3.63) is 53.3 Å². The summed E-state index contributed by atoms with van der Waals surface area (Å²) in [6.07, 6.45) is -3.87. The maximum atomic E-state index is 13.7. The molecule has 6 nitrogen and oxygen atoms in total. The van der Waals surface area contributed by atoms with Crippen molar-refractivity contribution in [1.29, 1.82) is 0 Å². The average molecular weight is 434 g/mol. The third-order valence-electron chi connectivity index (χ3n) is 5.29. The van der Waals surface area contributed by atoms with Gasteiger partial charge < -0.3 is 10.2 Å². The minimum absolute atomic E-state index is 0.0249. The lowest BCUT2D eigenvalue weighted by Crippen LogP contribution is -3.11.